The number of carbonyl (C=O) groups excluding carboxylic acids is 2. The first kappa shape index (κ1) is 14.2. The van der Waals surface area contributed by atoms with Crippen LogP contribution in [0.1, 0.15) is 34.5 Å². The van der Waals surface area contributed by atoms with Gasteiger partial charge in [-0.15, -0.1) is 11.3 Å². The number of amides is 2. The highest BCUT2D eigenvalue weighted by Crippen LogP contribution is 2.38. The van der Waals surface area contributed by atoms with Gasteiger partial charge in [0.1, 0.15) is 0 Å². The van der Waals surface area contributed by atoms with Crippen molar-refractivity contribution in [3.8, 4) is 0 Å². The van der Waals surface area contributed by atoms with E-state index in [1.807, 2.05) is 24.4 Å². The molecule has 6 heteroatoms. The molecule has 3 rings (SSSR count). The van der Waals surface area contributed by atoms with Crippen LogP contribution in [0.15, 0.2) is 29.6 Å². The van der Waals surface area contributed by atoms with E-state index in [2.05, 4.69) is 10.3 Å². The molecule has 2 atom stereocenters. The van der Waals surface area contributed by atoms with Gasteiger partial charge in [0.05, 0.1) is 16.6 Å². The lowest BCUT2D eigenvalue weighted by molar-refractivity contribution is -0.135. The van der Waals surface area contributed by atoms with Gasteiger partial charge in [-0.05, 0) is 24.6 Å². The van der Waals surface area contributed by atoms with Gasteiger partial charge in [-0.1, -0.05) is 23.7 Å². The zero-order valence-electron chi connectivity index (χ0n) is 11.3. The fraction of sp³-hybridized carbons (Fsp3) is 0.267. The van der Waals surface area contributed by atoms with Crippen molar-refractivity contribution in [2.75, 3.05) is 0 Å². The highest BCUT2D eigenvalue weighted by Gasteiger charge is 2.38. The molecule has 108 valence electrons. The number of hydrogen-bond acceptors (Lipinski definition) is 4. The lowest BCUT2D eigenvalue weighted by atomic mass is 9.79. The van der Waals surface area contributed by atoms with Gasteiger partial charge in [-0.2, -0.15) is 0 Å². The third kappa shape index (κ3) is 2.84. The molecule has 2 aromatic rings. The zero-order chi connectivity index (χ0) is 15.0. The molecule has 1 aromatic carbocycles. The molecule has 1 fully saturated rings. The number of imide groups is 1. The maximum absolute atomic E-state index is 12.3. The van der Waals surface area contributed by atoms with E-state index in [4.69, 9.17) is 11.6 Å². The van der Waals surface area contributed by atoms with Crippen LogP contribution in [0.4, 0.5) is 0 Å². The number of hydrogen-bond donors (Lipinski definition) is 1. The fourth-order valence-corrected chi connectivity index (χ4v) is 3.45. The van der Waals surface area contributed by atoms with Crippen LogP contribution < -0.4 is 5.32 Å². The Bertz CT molecular complexity index is 696. The Balaban J connectivity index is 2.02. The Kier molecular flexibility index (Phi) is 3.78. The molecule has 2 unspecified atom stereocenters. The van der Waals surface area contributed by atoms with Crippen molar-refractivity contribution in [1.29, 1.82) is 0 Å². The number of piperidine rings is 1. The minimum Gasteiger partial charge on any atom is -0.296 e. The summed E-state index contributed by atoms with van der Waals surface area (Å²) in [6.45, 7) is 1.91. The van der Waals surface area contributed by atoms with Crippen LogP contribution in [0.5, 0.6) is 0 Å². The molecule has 4 nitrogen and oxygen atoms in total. The van der Waals surface area contributed by atoms with Gasteiger partial charge in [-0.3, -0.25) is 14.9 Å². The van der Waals surface area contributed by atoms with E-state index in [0.717, 1.165) is 16.3 Å². The second-order valence-corrected chi connectivity index (χ2v) is 6.54. The molecule has 2 heterocycles. The number of nitrogens with zero attached hydrogens (tertiary/aromatic N) is 1. The summed E-state index contributed by atoms with van der Waals surface area (Å²) in [5.41, 5.74) is 1.65. The van der Waals surface area contributed by atoms with Crippen molar-refractivity contribution < 1.29 is 9.59 Å². The Labute approximate surface area is 131 Å². The van der Waals surface area contributed by atoms with Crippen molar-refractivity contribution >= 4 is 34.8 Å². The van der Waals surface area contributed by atoms with Gasteiger partial charge < -0.3 is 0 Å². The summed E-state index contributed by atoms with van der Waals surface area (Å²) < 4.78 is 0. The monoisotopic (exact) mass is 320 g/mol. The maximum Gasteiger partial charge on any atom is 0.234 e. The minimum atomic E-state index is -0.415. The smallest absolute Gasteiger partial charge is 0.234 e. The molecular weight excluding hydrogens is 308 g/mol. The molecule has 1 aliphatic heterocycles. The van der Waals surface area contributed by atoms with E-state index < -0.39 is 5.92 Å². The van der Waals surface area contributed by atoms with E-state index in [9.17, 15) is 9.59 Å². The third-order valence-electron chi connectivity index (χ3n) is 3.60. The average Bonchev–Trinajstić information content (AvgIpc) is 2.86. The average molecular weight is 321 g/mol. The number of halogens is 1. The first-order valence-electron chi connectivity index (χ1n) is 6.56. The topological polar surface area (TPSA) is 59.1 Å². The highest BCUT2D eigenvalue weighted by molar-refractivity contribution is 7.09. The number of benzene rings is 1. The molecule has 0 radical (unpaired) electrons. The molecule has 0 bridgehead atoms. The van der Waals surface area contributed by atoms with Crippen LogP contribution >= 0.6 is 22.9 Å². The molecule has 0 spiro atoms. The van der Waals surface area contributed by atoms with Crippen LogP contribution in [0.2, 0.25) is 5.02 Å². The summed E-state index contributed by atoms with van der Waals surface area (Å²) in [7, 11) is 0. The minimum absolute atomic E-state index is 0.225. The summed E-state index contributed by atoms with van der Waals surface area (Å²) in [6, 6.07) is 7.16. The molecule has 1 aliphatic rings. The number of carbonyl (C=O) groups is 2. The Morgan fingerprint density at radius 3 is 2.62 bits per heavy atom. The Morgan fingerprint density at radius 1 is 1.29 bits per heavy atom. The number of rotatable bonds is 2. The number of aromatic nitrogens is 1. The van der Waals surface area contributed by atoms with Crippen LogP contribution in [0, 0.1) is 6.92 Å². The van der Waals surface area contributed by atoms with Crippen molar-refractivity contribution in [2.45, 2.75) is 25.2 Å². The van der Waals surface area contributed by atoms with Gasteiger partial charge in [0, 0.05) is 22.7 Å². The van der Waals surface area contributed by atoms with Crippen molar-refractivity contribution in [3.63, 3.8) is 0 Å². The largest absolute Gasteiger partial charge is 0.296 e. The van der Waals surface area contributed by atoms with Crippen LogP contribution in [0.25, 0.3) is 0 Å². The standard InChI is InChI=1S/C15H13ClN2O2S/c1-8-17-12(7-21-8)11-6-13(19)18-15(20)14(11)9-2-4-10(16)5-3-9/h2-5,7,11,14H,6H2,1H3,(H,18,19,20). The number of nitrogens with one attached hydrogen (secondary N) is 1. The number of aryl methyl sites for hydroxylation is 1. The first-order valence-corrected chi connectivity index (χ1v) is 7.81. The van der Waals surface area contributed by atoms with Crippen molar-refractivity contribution in [3.05, 3.63) is 50.9 Å². The second-order valence-electron chi connectivity index (χ2n) is 5.04. The summed E-state index contributed by atoms with van der Waals surface area (Å²) >= 11 is 7.43. The van der Waals surface area contributed by atoms with E-state index >= 15 is 0 Å². The molecule has 21 heavy (non-hydrogen) atoms. The number of thiazole rings is 1. The lowest BCUT2D eigenvalue weighted by Crippen LogP contribution is -2.43. The molecule has 0 aliphatic carbocycles. The summed E-state index contributed by atoms with van der Waals surface area (Å²) in [5, 5.41) is 5.89. The van der Waals surface area contributed by atoms with Crippen LogP contribution in [-0.2, 0) is 9.59 Å². The second kappa shape index (κ2) is 5.58. The van der Waals surface area contributed by atoms with Crippen molar-refractivity contribution in [2.24, 2.45) is 0 Å². The fourth-order valence-electron chi connectivity index (χ4n) is 2.65. The van der Waals surface area contributed by atoms with Gasteiger partial charge in [0.15, 0.2) is 0 Å². The molecule has 1 aromatic heterocycles. The molecule has 1 saturated heterocycles. The SMILES string of the molecule is Cc1nc(C2CC(=O)NC(=O)C2c2ccc(Cl)cc2)cs1. The van der Waals surface area contributed by atoms with E-state index in [1.165, 1.54) is 11.3 Å². The van der Waals surface area contributed by atoms with E-state index in [1.54, 1.807) is 12.1 Å². The zero-order valence-corrected chi connectivity index (χ0v) is 12.9. The predicted molar refractivity (Wildman–Crippen MR) is 81.6 cm³/mol. The normalized spacial score (nSPS) is 22.2. The van der Waals surface area contributed by atoms with Crippen molar-refractivity contribution in [1.82, 2.24) is 10.3 Å². The molecule has 0 saturated carbocycles. The first-order chi connectivity index (χ1) is 10.0. The molecule has 1 N–H and O–H groups in total. The highest BCUT2D eigenvalue weighted by atomic mass is 35.5. The van der Waals surface area contributed by atoms with Gasteiger partial charge in [0.2, 0.25) is 11.8 Å². The third-order valence-corrected chi connectivity index (χ3v) is 4.64. The van der Waals surface area contributed by atoms with Gasteiger partial charge in [-0.25, -0.2) is 4.98 Å². The summed E-state index contributed by atoms with van der Waals surface area (Å²) in [4.78, 5) is 28.5. The Hall–Kier alpha value is -1.72. The summed E-state index contributed by atoms with van der Waals surface area (Å²) in [6.07, 6.45) is 0.266. The van der Waals surface area contributed by atoms with Gasteiger partial charge in [0.25, 0.3) is 0 Å². The lowest BCUT2D eigenvalue weighted by Gasteiger charge is -2.29. The quantitative estimate of drug-likeness (QED) is 0.865. The Morgan fingerprint density at radius 2 is 2.00 bits per heavy atom. The van der Waals surface area contributed by atoms with E-state index in [-0.39, 0.29) is 24.2 Å². The molecule has 2 amide bonds. The van der Waals surface area contributed by atoms with E-state index in [0.29, 0.717) is 5.02 Å². The van der Waals surface area contributed by atoms with Crippen LogP contribution in [-0.4, -0.2) is 16.8 Å². The predicted octanol–water partition coefficient (Wildman–Crippen LogP) is 3.02. The maximum atomic E-state index is 12.3. The van der Waals surface area contributed by atoms with Gasteiger partial charge >= 0.3 is 0 Å². The van der Waals surface area contributed by atoms with Crippen LogP contribution in [0.3, 0.4) is 0 Å². The molecular formula is C15H13ClN2O2S. The summed E-state index contributed by atoms with van der Waals surface area (Å²) in [5.74, 6) is -1.16.